The Balaban J connectivity index is 2.27. The molecule has 5 heteroatoms. The molecule has 0 amide bonds. The van der Waals surface area contributed by atoms with Gasteiger partial charge in [0, 0.05) is 4.90 Å². The fourth-order valence-electron chi connectivity index (χ4n) is 2.46. The molecule has 0 radical (unpaired) electrons. The van der Waals surface area contributed by atoms with E-state index < -0.39 is 14.7 Å². The van der Waals surface area contributed by atoms with Crippen LogP contribution in [0.2, 0.25) is 0 Å². The van der Waals surface area contributed by atoms with Crippen LogP contribution in [0.4, 0.5) is 13.2 Å². The summed E-state index contributed by atoms with van der Waals surface area (Å²) in [4.78, 5) is 0.614. The zero-order valence-corrected chi connectivity index (χ0v) is 12.9. The van der Waals surface area contributed by atoms with Crippen molar-refractivity contribution in [3.63, 3.8) is 0 Å². The van der Waals surface area contributed by atoms with E-state index in [0.717, 1.165) is 25.7 Å². The second-order valence-corrected chi connectivity index (χ2v) is 8.83. The van der Waals surface area contributed by atoms with Gasteiger partial charge in [-0.15, -0.1) is 0 Å². The van der Waals surface area contributed by atoms with Crippen LogP contribution in [0.25, 0.3) is 6.08 Å². The number of fused-ring (bicyclic) bond motifs is 1. The fraction of sp³-hybridized carbons (Fsp3) is 0.467. The molecule has 112 valence electrons. The molecule has 0 saturated carbocycles. The molecule has 0 nitrogen and oxygen atoms in total. The summed E-state index contributed by atoms with van der Waals surface area (Å²) in [6.45, 7) is 2.08. The molecule has 1 aromatic rings. The lowest BCUT2D eigenvalue weighted by atomic mass is 10.1. The van der Waals surface area contributed by atoms with E-state index in [1.54, 1.807) is 24.3 Å². The van der Waals surface area contributed by atoms with E-state index in [0.29, 0.717) is 16.9 Å². The molecular weight excluding hydrogens is 305 g/mol. The molecule has 2 rings (SSSR count). The third-order valence-corrected chi connectivity index (χ3v) is 7.77. The number of halogens is 4. The Labute approximate surface area is 123 Å². The van der Waals surface area contributed by atoms with Crippen LogP contribution in [0.5, 0.6) is 0 Å². The average molecular weight is 323 g/mol. The average Bonchev–Trinajstić information content (AvgIpc) is 2.69. The van der Waals surface area contributed by atoms with Crippen LogP contribution in [-0.2, 0) is 0 Å². The molecule has 1 unspecified atom stereocenters. The molecule has 0 aliphatic carbocycles. The molecule has 0 aromatic heterocycles. The Morgan fingerprint density at radius 1 is 1.10 bits per heavy atom. The van der Waals surface area contributed by atoms with Gasteiger partial charge < -0.3 is 0 Å². The zero-order chi connectivity index (χ0) is 14.8. The van der Waals surface area contributed by atoms with Crippen LogP contribution in [0.15, 0.2) is 34.1 Å². The minimum absolute atomic E-state index is 0.250. The quantitative estimate of drug-likeness (QED) is 0.520. The molecule has 1 aromatic carbocycles. The summed E-state index contributed by atoms with van der Waals surface area (Å²) in [6.07, 6.45) is 5.93. The maximum Gasteiger partial charge on any atom is 0.445 e. The number of hydrogen-bond acceptors (Lipinski definition) is 0. The summed E-state index contributed by atoms with van der Waals surface area (Å²) in [6, 6.07) is 6.61. The minimum atomic E-state index is -4.39. The summed E-state index contributed by atoms with van der Waals surface area (Å²) in [5, 5.41) is 0. The van der Waals surface area contributed by atoms with Gasteiger partial charge in [0.1, 0.15) is 0 Å². The van der Waals surface area contributed by atoms with E-state index in [-0.39, 0.29) is 4.90 Å². The molecule has 0 N–H and O–H groups in total. The Bertz CT molecular complexity index is 510. The number of alkyl halides is 3. The van der Waals surface area contributed by atoms with Gasteiger partial charge in [-0.1, -0.05) is 44.4 Å². The largest absolute Gasteiger partial charge is 0.445 e. The van der Waals surface area contributed by atoms with Crippen LogP contribution in [0, 0.1) is 0 Å². The first-order chi connectivity index (χ1) is 9.41. The first-order valence-electron chi connectivity index (χ1n) is 6.80. The Hall–Kier alpha value is -0.610. The van der Waals surface area contributed by atoms with Crippen molar-refractivity contribution < 1.29 is 13.2 Å². The third kappa shape index (κ3) is 2.73. The van der Waals surface area contributed by atoms with Crippen molar-refractivity contribution in [3.05, 3.63) is 34.7 Å². The van der Waals surface area contributed by atoms with Crippen LogP contribution in [0.3, 0.4) is 0 Å². The first kappa shape index (κ1) is 15.8. The number of benzene rings is 1. The molecule has 1 aliphatic rings. The van der Waals surface area contributed by atoms with Crippen molar-refractivity contribution >= 4 is 26.0 Å². The SMILES string of the molecule is CCCCCCC1=Cc2ccccc2S1(Cl)C(F)(F)F. The van der Waals surface area contributed by atoms with Gasteiger partial charge in [-0.3, -0.25) is 0 Å². The van der Waals surface area contributed by atoms with Crippen molar-refractivity contribution in [2.45, 2.75) is 49.4 Å². The highest BCUT2D eigenvalue weighted by molar-refractivity contribution is 8.54. The predicted octanol–water partition coefficient (Wildman–Crippen LogP) is 6.85. The summed E-state index contributed by atoms with van der Waals surface area (Å²) in [5.74, 6) is 0. The first-order valence-corrected chi connectivity index (χ1v) is 9.26. The standard InChI is InChI=1S/C15H18ClF3S/c1-2-3-4-5-9-13-11-12-8-6-7-10-14(12)20(13,16)15(17,18)19/h6-8,10-11H,2-5,9H2,1H3. The Morgan fingerprint density at radius 3 is 2.45 bits per heavy atom. The Kier molecular flexibility index (Phi) is 4.75. The summed E-state index contributed by atoms with van der Waals surface area (Å²) >= 11 is 0. The van der Waals surface area contributed by atoms with E-state index in [1.165, 1.54) is 6.07 Å². The van der Waals surface area contributed by atoms with E-state index in [4.69, 9.17) is 10.7 Å². The smallest absolute Gasteiger partial charge is 0.160 e. The van der Waals surface area contributed by atoms with Crippen molar-refractivity contribution in [3.8, 4) is 0 Å². The fourth-order valence-corrected chi connectivity index (χ4v) is 5.51. The normalized spacial score (nSPS) is 24.9. The van der Waals surface area contributed by atoms with E-state index in [2.05, 4.69) is 6.92 Å². The van der Waals surface area contributed by atoms with Gasteiger partial charge >= 0.3 is 5.51 Å². The van der Waals surface area contributed by atoms with Gasteiger partial charge in [0.25, 0.3) is 0 Å². The van der Waals surface area contributed by atoms with Gasteiger partial charge in [0.15, 0.2) is 0 Å². The number of allylic oxidation sites excluding steroid dienone is 1. The number of rotatable bonds is 5. The topological polar surface area (TPSA) is 0 Å². The second kappa shape index (κ2) is 6.02. The molecule has 1 heterocycles. The van der Waals surface area contributed by atoms with Crippen LogP contribution in [0.1, 0.15) is 44.6 Å². The molecule has 0 saturated heterocycles. The molecule has 1 atom stereocenters. The second-order valence-electron chi connectivity index (χ2n) is 4.94. The van der Waals surface area contributed by atoms with Gasteiger partial charge in [0.05, 0.1) is 0 Å². The lowest BCUT2D eigenvalue weighted by Gasteiger charge is -2.34. The third-order valence-electron chi connectivity index (χ3n) is 3.50. The van der Waals surface area contributed by atoms with Gasteiger partial charge in [-0.2, -0.15) is 13.2 Å². The molecular formula is C15H18ClF3S. The van der Waals surface area contributed by atoms with Crippen molar-refractivity contribution in [1.29, 1.82) is 0 Å². The number of hydrogen-bond donors (Lipinski definition) is 0. The highest BCUT2D eigenvalue weighted by Gasteiger charge is 2.55. The van der Waals surface area contributed by atoms with Gasteiger partial charge in [0.2, 0.25) is 0 Å². The highest BCUT2D eigenvalue weighted by Crippen LogP contribution is 2.80. The van der Waals surface area contributed by atoms with E-state index in [9.17, 15) is 13.2 Å². The van der Waals surface area contributed by atoms with Crippen LogP contribution < -0.4 is 0 Å². The molecule has 0 fully saturated rings. The van der Waals surface area contributed by atoms with Gasteiger partial charge in [-0.25, -0.2) is 0 Å². The summed E-state index contributed by atoms with van der Waals surface area (Å²) < 4.78 is 40.5. The molecule has 20 heavy (non-hydrogen) atoms. The van der Waals surface area contributed by atoms with E-state index >= 15 is 0 Å². The highest BCUT2D eigenvalue weighted by atomic mass is 35.7. The molecule has 0 bridgehead atoms. The summed E-state index contributed by atoms with van der Waals surface area (Å²) in [5.41, 5.74) is -3.77. The van der Waals surface area contributed by atoms with Crippen LogP contribution in [-0.4, -0.2) is 5.51 Å². The van der Waals surface area contributed by atoms with Crippen LogP contribution >= 0.6 is 19.9 Å². The van der Waals surface area contributed by atoms with E-state index in [1.807, 2.05) is 0 Å². The van der Waals surface area contributed by atoms with Crippen molar-refractivity contribution in [2.75, 3.05) is 0 Å². The summed E-state index contributed by atoms with van der Waals surface area (Å²) in [7, 11) is 2.77. The molecule has 0 spiro atoms. The minimum Gasteiger partial charge on any atom is -0.160 e. The molecule has 1 aliphatic heterocycles. The zero-order valence-electron chi connectivity index (χ0n) is 11.3. The van der Waals surface area contributed by atoms with Gasteiger partial charge in [-0.05, 0) is 55.4 Å². The maximum atomic E-state index is 13.5. The van der Waals surface area contributed by atoms with Crippen molar-refractivity contribution in [1.82, 2.24) is 0 Å². The predicted molar refractivity (Wildman–Crippen MR) is 80.9 cm³/mol. The number of unbranched alkanes of at least 4 members (excludes halogenated alkanes) is 3. The monoisotopic (exact) mass is 322 g/mol. The lowest BCUT2D eigenvalue weighted by Crippen LogP contribution is -2.16. The lowest BCUT2D eigenvalue weighted by molar-refractivity contribution is -0.0359. The van der Waals surface area contributed by atoms with Crippen molar-refractivity contribution in [2.24, 2.45) is 0 Å². The Morgan fingerprint density at radius 2 is 1.80 bits per heavy atom. The maximum absolute atomic E-state index is 13.5.